The second-order valence-corrected chi connectivity index (χ2v) is 9.75. The van der Waals surface area contributed by atoms with Crippen molar-refractivity contribution in [3.8, 4) is 5.75 Å². The normalized spacial score (nSPS) is 23.7. The minimum atomic E-state index is -1.14. The second-order valence-electron chi connectivity index (χ2n) is 9.75. The summed E-state index contributed by atoms with van der Waals surface area (Å²) in [5.41, 5.74) is 4.60. The van der Waals surface area contributed by atoms with Crippen molar-refractivity contribution in [3.63, 3.8) is 0 Å². The van der Waals surface area contributed by atoms with Gasteiger partial charge in [-0.1, -0.05) is 60.7 Å². The first-order chi connectivity index (χ1) is 17.9. The number of carbonyl (C=O) groups excluding carboxylic acids is 4. The molecular formula is C30H25NO6. The van der Waals surface area contributed by atoms with Gasteiger partial charge in [-0.3, -0.25) is 19.3 Å². The standard InChI is InChI=1S/C30H25NO6/c1-16(30(35)37-15-23(32)17-8-7-9-18(14-17)36-2)31-28(33)26-24-19-10-3-4-11-20(19)25(27(26)29(31)34)22-13-6-5-12-21(22)24/h3-14,16,24-27H,15H2,1-2H3/t16-,24?,25?,26-,27+/m0/s1. The lowest BCUT2D eigenvalue weighted by molar-refractivity contribution is -0.157. The first-order valence-corrected chi connectivity index (χ1v) is 12.3. The van der Waals surface area contributed by atoms with Crippen molar-refractivity contribution in [2.75, 3.05) is 13.7 Å². The largest absolute Gasteiger partial charge is 0.497 e. The van der Waals surface area contributed by atoms with Crippen molar-refractivity contribution in [2.45, 2.75) is 24.8 Å². The number of hydrogen-bond acceptors (Lipinski definition) is 6. The fourth-order valence-corrected chi connectivity index (χ4v) is 6.32. The third-order valence-corrected chi connectivity index (χ3v) is 7.95. The Bertz CT molecular complexity index is 1350. The number of carbonyl (C=O) groups is 4. The number of likely N-dealkylation sites (tertiary alicyclic amines) is 1. The van der Waals surface area contributed by atoms with Crippen LogP contribution in [0.5, 0.6) is 5.75 Å². The van der Waals surface area contributed by atoms with Gasteiger partial charge in [-0.25, -0.2) is 4.79 Å². The molecule has 1 fully saturated rings. The van der Waals surface area contributed by atoms with E-state index in [0.717, 1.165) is 27.2 Å². The molecule has 3 atom stereocenters. The van der Waals surface area contributed by atoms with Crippen LogP contribution in [-0.2, 0) is 19.1 Å². The van der Waals surface area contributed by atoms with E-state index in [2.05, 4.69) is 0 Å². The zero-order valence-corrected chi connectivity index (χ0v) is 20.4. The summed E-state index contributed by atoms with van der Waals surface area (Å²) < 4.78 is 10.4. The second kappa shape index (κ2) is 8.69. The molecule has 1 aliphatic heterocycles. The topological polar surface area (TPSA) is 90.0 Å². The van der Waals surface area contributed by atoms with Crippen molar-refractivity contribution in [1.82, 2.24) is 4.90 Å². The minimum Gasteiger partial charge on any atom is -0.497 e. The molecule has 3 aliphatic carbocycles. The van der Waals surface area contributed by atoms with E-state index in [1.165, 1.54) is 14.0 Å². The summed E-state index contributed by atoms with van der Waals surface area (Å²) in [4.78, 5) is 54.1. The summed E-state index contributed by atoms with van der Waals surface area (Å²) in [6, 6.07) is 21.3. The van der Waals surface area contributed by atoms with Crippen LogP contribution in [0.15, 0.2) is 72.8 Å². The molecule has 2 bridgehead atoms. The third-order valence-electron chi connectivity index (χ3n) is 7.95. The summed E-state index contributed by atoms with van der Waals surface area (Å²) in [6.07, 6.45) is 0. The molecule has 7 rings (SSSR count). The van der Waals surface area contributed by atoms with Crippen LogP contribution in [0.25, 0.3) is 0 Å². The van der Waals surface area contributed by atoms with E-state index < -0.39 is 36.2 Å². The summed E-state index contributed by atoms with van der Waals surface area (Å²) in [5, 5.41) is 0. The Balaban J connectivity index is 1.25. The summed E-state index contributed by atoms with van der Waals surface area (Å²) in [6.45, 7) is 0.981. The molecule has 0 unspecified atom stereocenters. The van der Waals surface area contributed by atoms with Crippen molar-refractivity contribution < 1.29 is 28.7 Å². The van der Waals surface area contributed by atoms with E-state index in [-0.39, 0.29) is 23.7 Å². The van der Waals surface area contributed by atoms with Crippen LogP contribution < -0.4 is 4.74 Å². The number of Topliss-reactive ketones (excluding diaryl/α,β-unsaturated/α-hetero) is 1. The molecule has 0 N–H and O–H groups in total. The van der Waals surface area contributed by atoms with Crippen LogP contribution in [0.3, 0.4) is 0 Å². The van der Waals surface area contributed by atoms with E-state index in [4.69, 9.17) is 9.47 Å². The number of amides is 2. The average molecular weight is 496 g/mol. The molecule has 1 heterocycles. The quantitative estimate of drug-likeness (QED) is 0.294. The number of hydrogen-bond donors (Lipinski definition) is 0. The van der Waals surface area contributed by atoms with Crippen LogP contribution in [-0.4, -0.2) is 48.2 Å². The molecule has 0 aromatic heterocycles. The molecule has 4 aliphatic rings. The van der Waals surface area contributed by atoms with Gasteiger partial charge in [0.25, 0.3) is 0 Å². The highest BCUT2D eigenvalue weighted by atomic mass is 16.5. The van der Waals surface area contributed by atoms with Crippen molar-refractivity contribution in [2.24, 2.45) is 11.8 Å². The Labute approximate surface area is 214 Å². The maximum absolute atomic E-state index is 13.8. The fraction of sp³-hybridized carbons (Fsp3) is 0.267. The van der Waals surface area contributed by atoms with Crippen molar-refractivity contribution in [3.05, 3.63) is 101 Å². The first kappa shape index (κ1) is 23.2. The number of benzene rings is 3. The Morgan fingerprint density at radius 3 is 1.81 bits per heavy atom. The van der Waals surface area contributed by atoms with Crippen molar-refractivity contribution in [1.29, 1.82) is 0 Å². The third kappa shape index (κ3) is 3.41. The van der Waals surface area contributed by atoms with Crippen LogP contribution >= 0.6 is 0 Å². The maximum atomic E-state index is 13.8. The number of ketones is 1. The zero-order valence-electron chi connectivity index (χ0n) is 20.4. The lowest BCUT2D eigenvalue weighted by atomic mass is 9.55. The number of methoxy groups -OCH3 is 1. The molecule has 1 saturated heterocycles. The molecule has 3 aromatic carbocycles. The number of ether oxygens (including phenoxy) is 2. The molecular weight excluding hydrogens is 470 g/mol. The molecule has 0 saturated carbocycles. The van der Waals surface area contributed by atoms with Gasteiger partial charge in [0, 0.05) is 17.4 Å². The van der Waals surface area contributed by atoms with Crippen LogP contribution in [0.1, 0.15) is 51.4 Å². The van der Waals surface area contributed by atoms with Gasteiger partial charge in [-0.15, -0.1) is 0 Å². The Kier molecular flexibility index (Phi) is 5.44. The smallest absolute Gasteiger partial charge is 0.329 e. The highest BCUT2D eigenvalue weighted by Crippen LogP contribution is 2.61. The highest BCUT2D eigenvalue weighted by Gasteiger charge is 2.62. The van der Waals surface area contributed by atoms with Gasteiger partial charge in [0.2, 0.25) is 11.8 Å². The van der Waals surface area contributed by atoms with E-state index in [9.17, 15) is 19.2 Å². The predicted molar refractivity (Wildman–Crippen MR) is 133 cm³/mol. The number of imide groups is 1. The van der Waals surface area contributed by atoms with Gasteiger partial charge in [0.05, 0.1) is 18.9 Å². The van der Waals surface area contributed by atoms with Gasteiger partial charge in [0.1, 0.15) is 11.8 Å². The van der Waals surface area contributed by atoms with E-state index >= 15 is 0 Å². The fourth-order valence-electron chi connectivity index (χ4n) is 6.32. The SMILES string of the molecule is COc1cccc(C(=O)COC(=O)[C@H](C)N2C(=O)[C@@H]3C4c5ccccc5C(c5ccccc54)[C@@H]3C2=O)c1. The molecule has 7 nitrogen and oxygen atoms in total. The molecule has 186 valence electrons. The Morgan fingerprint density at radius 2 is 1.32 bits per heavy atom. The number of esters is 1. The van der Waals surface area contributed by atoms with E-state index in [1.807, 2.05) is 48.5 Å². The van der Waals surface area contributed by atoms with Crippen LogP contribution in [0.4, 0.5) is 0 Å². The molecule has 0 spiro atoms. The van der Waals surface area contributed by atoms with E-state index in [0.29, 0.717) is 11.3 Å². The average Bonchev–Trinajstić information content (AvgIpc) is 3.21. The summed E-state index contributed by atoms with van der Waals surface area (Å²) >= 11 is 0. The molecule has 37 heavy (non-hydrogen) atoms. The lowest BCUT2D eigenvalue weighted by Crippen LogP contribution is -2.45. The summed E-state index contributed by atoms with van der Waals surface area (Å²) in [5.74, 6) is -3.06. The van der Waals surface area contributed by atoms with E-state index in [1.54, 1.807) is 24.3 Å². The number of nitrogens with zero attached hydrogens (tertiary/aromatic N) is 1. The highest BCUT2D eigenvalue weighted by molar-refractivity contribution is 6.10. The molecule has 7 heteroatoms. The molecule has 3 aromatic rings. The first-order valence-electron chi connectivity index (χ1n) is 12.3. The van der Waals surface area contributed by atoms with Gasteiger partial charge in [-0.05, 0) is 41.3 Å². The molecule has 2 amide bonds. The number of rotatable bonds is 6. The monoisotopic (exact) mass is 495 g/mol. The maximum Gasteiger partial charge on any atom is 0.329 e. The lowest BCUT2D eigenvalue weighted by Gasteiger charge is -2.45. The van der Waals surface area contributed by atoms with Gasteiger partial charge >= 0.3 is 5.97 Å². The van der Waals surface area contributed by atoms with Crippen LogP contribution in [0, 0.1) is 11.8 Å². The van der Waals surface area contributed by atoms with Gasteiger partial charge in [-0.2, -0.15) is 0 Å². The minimum absolute atomic E-state index is 0.248. The van der Waals surface area contributed by atoms with Gasteiger partial charge in [0.15, 0.2) is 12.4 Å². The van der Waals surface area contributed by atoms with Crippen LogP contribution in [0.2, 0.25) is 0 Å². The van der Waals surface area contributed by atoms with Gasteiger partial charge < -0.3 is 9.47 Å². The van der Waals surface area contributed by atoms with Crippen molar-refractivity contribution >= 4 is 23.6 Å². The summed E-state index contributed by atoms with van der Waals surface area (Å²) in [7, 11) is 1.50. The Morgan fingerprint density at radius 1 is 0.811 bits per heavy atom. The predicted octanol–water partition coefficient (Wildman–Crippen LogP) is 3.70. The zero-order chi connectivity index (χ0) is 25.8. The Hall–Kier alpha value is -4.26. The molecule has 0 radical (unpaired) electrons.